The van der Waals surface area contributed by atoms with Crippen molar-refractivity contribution in [2.45, 2.75) is 19.5 Å². The summed E-state index contributed by atoms with van der Waals surface area (Å²) in [6.45, 7) is 2.39. The van der Waals surface area contributed by atoms with Crippen LogP contribution in [0.5, 0.6) is 0 Å². The number of hydrogen-bond donors (Lipinski definition) is 2. The smallest absolute Gasteiger partial charge is 0.250 e. The fraction of sp³-hybridized carbons (Fsp3) is 0.217. The molecule has 1 aliphatic rings. The van der Waals surface area contributed by atoms with Gasteiger partial charge in [-0.05, 0) is 31.2 Å². The number of anilines is 1. The zero-order valence-electron chi connectivity index (χ0n) is 17.2. The van der Waals surface area contributed by atoms with E-state index in [-0.39, 0.29) is 0 Å². The lowest BCUT2D eigenvalue weighted by Gasteiger charge is -2.26. The highest BCUT2D eigenvalue weighted by Gasteiger charge is 2.23. The van der Waals surface area contributed by atoms with Crippen molar-refractivity contribution < 1.29 is 4.79 Å². The maximum Gasteiger partial charge on any atom is 0.250 e. The molecule has 0 atom stereocenters. The number of fused-ring (bicyclic) bond motifs is 2. The van der Waals surface area contributed by atoms with Crippen molar-refractivity contribution in [3.63, 3.8) is 0 Å². The van der Waals surface area contributed by atoms with Crippen LogP contribution in [0.3, 0.4) is 0 Å². The van der Waals surface area contributed by atoms with E-state index in [1.807, 2.05) is 28.8 Å². The number of carbonyl (C=O) groups is 1. The fourth-order valence-electron chi connectivity index (χ4n) is 3.98. The third kappa shape index (κ3) is 3.62. The summed E-state index contributed by atoms with van der Waals surface area (Å²) < 4.78 is 1.81. The van der Waals surface area contributed by atoms with Crippen LogP contribution in [-0.4, -0.2) is 43.8 Å². The van der Waals surface area contributed by atoms with Gasteiger partial charge in [-0.3, -0.25) is 9.20 Å². The van der Waals surface area contributed by atoms with Crippen LogP contribution in [0.15, 0.2) is 54.9 Å². The Bertz CT molecular complexity index is 1270. The summed E-state index contributed by atoms with van der Waals surface area (Å²) in [6, 6.07) is 13.7. The second kappa shape index (κ2) is 7.81. The largest absolute Gasteiger partial charge is 0.366 e. The predicted molar refractivity (Wildman–Crippen MR) is 119 cm³/mol. The van der Waals surface area contributed by atoms with E-state index in [9.17, 15) is 4.79 Å². The van der Waals surface area contributed by atoms with E-state index in [1.165, 1.54) is 5.56 Å². The Labute approximate surface area is 179 Å². The molecular formula is C23H23N7O. The van der Waals surface area contributed by atoms with Gasteiger partial charge in [0.1, 0.15) is 5.82 Å². The molecule has 3 N–H and O–H groups in total. The molecule has 0 saturated carbocycles. The second-order valence-corrected chi connectivity index (χ2v) is 7.77. The van der Waals surface area contributed by atoms with Gasteiger partial charge in [0.25, 0.3) is 5.91 Å². The average Bonchev–Trinajstić information content (AvgIpc) is 3.22. The molecule has 8 nitrogen and oxygen atoms in total. The standard InChI is InChI=1S/C23H23N7O/c1-29-11-9-16-18(14-29)27-22(28-21(16)25-12-15-6-3-2-4-7-15)23-26-13-19-17(20(24)31)8-5-10-30(19)23/h2-8,10,13H,9,11-12,14H2,1H3,(H2,24,31)(H,25,27,28). The third-order valence-electron chi connectivity index (χ3n) is 5.60. The van der Waals surface area contributed by atoms with Gasteiger partial charge in [-0.15, -0.1) is 0 Å². The molecule has 4 heterocycles. The molecule has 1 aromatic carbocycles. The molecule has 0 radical (unpaired) electrons. The van der Waals surface area contributed by atoms with Gasteiger partial charge < -0.3 is 16.0 Å². The quantitative estimate of drug-likeness (QED) is 0.521. The summed E-state index contributed by atoms with van der Waals surface area (Å²) in [5.74, 6) is 1.44. The molecule has 0 aliphatic carbocycles. The Morgan fingerprint density at radius 1 is 1.16 bits per heavy atom. The predicted octanol–water partition coefficient (Wildman–Crippen LogP) is 2.49. The van der Waals surface area contributed by atoms with E-state index >= 15 is 0 Å². The van der Waals surface area contributed by atoms with Crippen LogP contribution in [0.4, 0.5) is 5.82 Å². The molecule has 4 aromatic rings. The number of likely N-dealkylation sites (N-methyl/N-ethyl adjacent to an activating group) is 1. The number of hydrogen-bond acceptors (Lipinski definition) is 6. The summed E-state index contributed by atoms with van der Waals surface area (Å²) in [5.41, 5.74) is 9.91. The first-order chi connectivity index (χ1) is 15.1. The second-order valence-electron chi connectivity index (χ2n) is 7.77. The average molecular weight is 413 g/mol. The number of imidazole rings is 1. The van der Waals surface area contributed by atoms with Gasteiger partial charge in [0.15, 0.2) is 11.6 Å². The number of aromatic nitrogens is 4. The first-order valence-corrected chi connectivity index (χ1v) is 10.2. The molecule has 0 spiro atoms. The van der Waals surface area contributed by atoms with Gasteiger partial charge >= 0.3 is 0 Å². The minimum atomic E-state index is -0.491. The lowest BCUT2D eigenvalue weighted by molar-refractivity contribution is 0.100. The molecule has 156 valence electrons. The van der Waals surface area contributed by atoms with E-state index in [2.05, 4.69) is 34.4 Å². The number of nitrogens with two attached hydrogens (primary N) is 1. The summed E-state index contributed by atoms with van der Waals surface area (Å²) >= 11 is 0. The van der Waals surface area contributed by atoms with E-state index < -0.39 is 5.91 Å². The van der Waals surface area contributed by atoms with Crippen LogP contribution >= 0.6 is 0 Å². The van der Waals surface area contributed by atoms with Crippen molar-refractivity contribution in [3.05, 3.63) is 77.2 Å². The highest BCUT2D eigenvalue weighted by atomic mass is 16.1. The first kappa shape index (κ1) is 19.2. The number of carbonyl (C=O) groups excluding carboxylic acids is 1. The van der Waals surface area contributed by atoms with Gasteiger partial charge in [-0.2, -0.15) is 0 Å². The molecule has 3 aromatic heterocycles. The number of pyridine rings is 1. The summed E-state index contributed by atoms with van der Waals surface area (Å²) in [6.07, 6.45) is 4.37. The summed E-state index contributed by atoms with van der Waals surface area (Å²) in [4.78, 5) is 28.3. The first-order valence-electron chi connectivity index (χ1n) is 10.2. The number of primary amides is 1. The van der Waals surface area contributed by atoms with Crippen molar-refractivity contribution in [1.82, 2.24) is 24.3 Å². The Balaban J connectivity index is 1.59. The normalized spacial score (nSPS) is 13.8. The lowest BCUT2D eigenvalue weighted by Crippen LogP contribution is -2.29. The number of rotatable bonds is 5. The van der Waals surface area contributed by atoms with E-state index in [1.54, 1.807) is 18.3 Å². The molecule has 0 fully saturated rings. The minimum absolute atomic E-state index is 0.418. The van der Waals surface area contributed by atoms with Gasteiger partial charge in [-0.25, -0.2) is 15.0 Å². The van der Waals surface area contributed by atoms with Crippen LogP contribution in [-0.2, 0) is 19.5 Å². The van der Waals surface area contributed by atoms with Crippen molar-refractivity contribution in [3.8, 4) is 11.6 Å². The Kier molecular flexibility index (Phi) is 4.83. The van der Waals surface area contributed by atoms with Crippen molar-refractivity contribution >= 4 is 17.2 Å². The molecule has 31 heavy (non-hydrogen) atoms. The molecular weight excluding hydrogens is 390 g/mol. The SMILES string of the molecule is CN1CCc2c(nc(-c3ncc4c(C(N)=O)cccn34)nc2NCc2ccccc2)C1. The van der Waals surface area contributed by atoms with Crippen LogP contribution in [0, 0.1) is 0 Å². The molecule has 0 saturated heterocycles. The monoisotopic (exact) mass is 413 g/mol. The molecule has 0 bridgehead atoms. The molecule has 5 rings (SSSR count). The number of nitrogens with one attached hydrogen (secondary N) is 1. The Morgan fingerprint density at radius 3 is 2.81 bits per heavy atom. The number of nitrogens with zero attached hydrogens (tertiary/aromatic N) is 5. The Morgan fingerprint density at radius 2 is 2.00 bits per heavy atom. The van der Waals surface area contributed by atoms with Crippen molar-refractivity contribution in [1.29, 1.82) is 0 Å². The van der Waals surface area contributed by atoms with E-state index in [4.69, 9.17) is 15.7 Å². The van der Waals surface area contributed by atoms with Gasteiger partial charge in [-0.1, -0.05) is 30.3 Å². The highest BCUT2D eigenvalue weighted by molar-refractivity contribution is 5.99. The lowest BCUT2D eigenvalue weighted by atomic mass is 10.1. The molecule has 8 heteroatoms. The fourth-order valence-corrected chi connectivity index (χ4v) is 3.98. The van der Waals surface area contributed by atoms with Crippen molar-refractivity contribution in [2.75, 3.05) is 18.9 Å². The summed E-state index contributed by atoms with van der Waals surface area (Å²) in [5, 5.41) is 3.50. The maximum absolute atomic E-state index is 11.8. The zero-order chi connectivity index (χ0) is 21.4. The van der Waals surface area contributed by atoms with Crippen LogP contribution < -0.4 is 11.1 Å². The van der Waals surface area contributed by atoms with E-state index in [0.29, 0.717) is 29.3 Å². The minimum Gasteiger partial charge on any atom is -0.366 e. The number of amides is 1. The Hall–Kier alpha value is -3.78. The zero-order valence-corrected chi connectivity index (χ0v) is 17.2. The van der Waals surface area contributed by atoms with Gasteiger partial charge in [0, 0.05) is 31.4 Å². The summed E-state index contributed by atoms with van der Waals surface area (Å²) in [7, 11) is 2.09. The van der Waals surface area contributed by atoms with E-state index in [0.717, 1.165) is 36.6 Å². The van der Waals surface area contributed by atoms with Crippen molar-refractivity contribution in [2.24, 2.45) is 5.73 Å². The highest BCUT2D eigenvalue weighted by Crippen LogP contribution is 2.27. The molecule has 1 amide bonds. The maximum atomic E-state index is 11.8. The van der Waals surface area contributed by atoms with Gasteiger partial charge in [0.2, 0.25) is 0 Å². The third-order valence-corrected chi connectivity index (χ3v) is 5.60. The van der Waals surface area contributed by atoms with Crippen LogP contribution in [0.25, 0.3) is 17.2 Å². The van der Waals surface area contributed by atoms with Gasteiger partial charge in [0.05, 0.1) is 23.0 Å². The van der Waals surface area contributed by atoms with Crippen LogP contribution in [0.1, 0.15) is 27.2 Å². The molecule has 1 aliphatic heterocycles. The van der Waals surface area contributed by atoms with Crippen LogP contribution in [0.2, 0.25) is 0 Å². The number of benzene rings is 1. The topological polar surface area (TPSA) is 101 Å². The molecule has 0 unspecified atom stereocenters.